The van der Waals surface area contributed by atoms with Gasteiger partial charge in [-0.3, -0.25) is 9.79 Å². The Balaban J connectivity index is 0.00000320. The number of nitrogens with zero attached hydrogens (tertiary/aromatic N) is 4. The Morgan fingerprint density at radius 2 is 1.97 bits per heavy atom. The number of halogens is 1. The van der Waals surface area contributed by atoms with E-state index < -0.39 is 0 Å². The lowest BCUT2D eigenvalue weighted by Gasteiger charge is -2.20. The van der Waals surface area contributed by atoms with Crippen LogP contribution in [0.25, 0.3) is 0 Å². The van der Waals surface area contributed by atoms with Gasteiger partial charge in [0.15, 0.2) is 11.1 Å². The molecule has 3 heterocycles. The molecule has 1 amide bonds. The standard InChI is InChI=1S/C21H36N6OS.HI/c1-2-22-20(23-11-8-16-26-13-5-3-4-9-19(26)28)24-12-10-18-17-29-21(25-18)27-14-6-7-15-27;/h17H,2-16H2,1H3,(H2,22,23,24);1H. The molecule has 2 aliphatic heterocycles. The molecule has 2 aliphatic rings. The SMILES string of the molecule is CCNC(=NCCCN1CCCCCC1=O)NCCc1csc(N2CCCC2)n1.I. The number of aromatic nitrogens is 1. The summed E-state index contributed by atoms with van der Waals surface area (Å²) in [6.07, 6.45) is 8.44. The first kappa shape index (κ1) is 25.2. The van der Waals surface area contributed by atoms with E-state index in [1.807, 2.05) is 4.90 Å². The zero-order chi connectivity index (χ0) is 20.3. The number of likely N-dealkylation sites (tertiary alicyclic amines) is 1. The van der Waals surface area contributed by atoms with Crippen molar-refractivity contribution in [2.45, 2.75) is 58.3 Å². The summed E-state index contributed by atoms with van der Waals surface area (Å²) in [7, 11) is 0. The fraction of sp³-hybridized carbons (Fsp3) is 0.762. The highest BCUT2D eigenvalue weighted by Crippen LogP contribution is 2.24. The molecule has 0 aliphatic carbocycles. The summed E-state index contributed by atoms with van der Waals surface area (Å²) >= 11 is 1.76. The molecule has 3 rings (SSSR count). The van der Waals surface area contributed by atoms with Gasteiger partial charge in [-0.2, -0.15) is 0 Å². The fourth-order valence-corrected chi connectivity index (χ4v) is 4.76. The third-order valence-corrected chi connectivity index (χ3v) is 6.41. The number of nitrogens with one attached hydrogen (secondary N) is 2. The number of hydrogen-bond acceptors (Lipinski definition) is 5. The summed E-state index contributed by atoms with van der Waals surface area (Å²) in [4.78, 5) is 25.9. The average molecular weight is 549 g/mol. The molecule has 0 saturated carbocycles. The van der Waals surface area contributed by atoms with Crippen LogP contribution in [0.2, 0.25) is 0 Å². The summed E-state index contributed by atoms with van der Waals surface area (Å²) in [6.45, 7) is 8.49. The Labute approximate surface area is 202 Å². The van der Waals surface area contributed by atoms with Crippen LogP contribution >= 0.6 is 35.3 Å². The number of thiazole rings is 1. The summed E-state index contributed by atoms with van der Waals surface area (Å²) in [6, 6.07) is 0. The second kappa shape index (κ2) is 14.1. The molecule has 7 nitrogen and oxygen atoms in total. The van der Waals surface area contributed by atoms with Gasteiger partial charge in [-0.25, -0.2) is 4.98 Å². The van der Waals surface area contributed by atoms with Crippen LogP contribution in [-0.4, -0.2) is 67.6 Å². The minimum atomic E-state index is 0. The third-order valence-electron chi connectivity index (χ3n) is 5.46. The van der Waals surface area contributed by atoms with E-state index >= 15 is 0 Å². The second-order valence-corrected chi connectivity index (χ2v) is 8.63. The predicted octanol–water partition coefficient (Wildman–Crippen LogP) is 3.25. The Kier molecular flexibility index (Phi) is 11.8. The van der Waals surface area contributed by atoms with Crippen LogP contribution in [0, 0.1) is 0 Å². The smallest absolute Gasteiger partial charge is 0.222 e. The Hall–Kier alpha value is -1.10. The number of guanidine groups is 1. The molecule has 2 saturated heterocycles. The summed E-state index contributed by atoms with van der Waals surface area (Å²) in [5, 5.41) is 10.1. The van der Waals surface area contributed by atoms with Crippen molar-refractivity contribution in [1.29, 1.82) is 0 Å². The van der Waals surface area contributed by atoms with Crippen LogP contribution in [-0.2, 0) is 11.2 Å². The molecule has 1 aromatic heterocycles. The van der Waals surface area contributed by atoms with Crippen molar-refractivity contribution in [1.82, 2.24) is 20.5 Å². The van der Waals surface area contributed by atoms with Gasteiger partial charge in [-0.05, 0) is 39.0 Å². The first-order valence-electron chi connectivity index (χ1n) is 11.3. The van der Waals surface area contributed by atoms with Crippen molar-refractivity contribution in [3.63, 3.8) is 0 Å². The lowest BCUT2D eigenvalue weighted by molar-refractivity contribution is -0.130. The Morgan fingerprint density at radius 3 is 2.77 bits per heavy atom. The van der Waals surface area contributed by atoms with Crippen molar-refractivity contribution < 1.29 is 4.79 Å². The topological polar surface area (TPSA) is 72.9 Å². The summed E-state index contributed by atoms with van der Waals surface area (Å²) in [5.74, 6) is 1.16. The number of anilines is 1. The molecule has 170 valence electrons. The van der Waals surface area contributed by atoms with E-state index in [0.29, 0.717) is 12.3 Å². The van der Waals surface area contributed by atoms with Crippen LogP contribution in [0.5, 0.6) is 0 Å². The first-order chi connectivity index (χ1) is 14.3. The molecular weight excluding hydrogens is 511 g/mol. The quantitative estimate of drug-likeness (QED) is 0.215. The van der Waals surface area contributed by atoms with E-state index in [9.17, 15) is 4.79 Å². The largest absolute Gasteiger partial charge is 0.357 e. The number of amides is 1. The first-order valence-corrected chi connectivity index (χ1v) is 12.1. The van der Waals surface area contributed by atoms with Crippen molar-refractivity contribution in [2.75, 3.05) is 50.7 Å². The molecule has 0 radical (unpaired) electrons. The van der Waals surface area contributed by atoms with Gasteiger partial charge in [0.05, 0.1) is 5.69 Å². The minimum Gasteiger partial charge on any atom is -0.357 e. The van der Waals surface area contributed by atoms with Crippen LogP contribution in [0.4, 0.5) is 5.13 Å². The van der Waals surface area contributed by atoms with Gasteiger partial charge >= 0.3 is 0 Å². The summed E-state index contributed by atoms with van der Waals surface area (Å²) < 4.78 is 0. The molecule has 0 atom stereocenters. The van der Waals surface area contributed by atoms with Crippen LogP contribution in [0.3, 0.4) is 0 Å². The van der Waals surface area contributed by atoms with Gasteiger partial charge < -0.3 is 20.4 Å². The van der Waals surface area contributed by atoms with E-state index in [1.165, 1.54) is 24.4 Å². The second-order valence-electron chi connectivity index (χ2n) is 7.80. The van der Waals surface area contributed by atoms with E-state index in [1.54, 1.807) is 11.3 Å². The highest BCUT2D eigenvalue weighted by molar-refractivity contribution is 14.0. The molecule has 0 spiro atoms. The van der Waals surface area contributed by atoms with Gasteiger partial charge in [0.1, 0.15) is 0 Å². The maximum atomic E-state index is 12.1. The number of aliphatic imine (C=N–C) groups is 1. The number of hydrogen-bond donors (Lipinski definition) is 2. The number of carbonyl (C=O) groups excluding carboxylic acids is 1. The normalized spacial score (nSPS) is 17.6. The zero-order valence-corrected chi connectivity index (χ0v) is 21.3. The van der Waals surface area contributed by atoms with Crippen molar-refractivity contribution in [2.24, 2.45) is 4.99 Å². The van der Waals surface area contributed by atoms with Crippen LogP contribution in [0.1, 0.15) is 57.6 Å². The zero-order valence-electron chi connectivity index (χ0n) is 18.2. The Morgan fingerprint density at radius 1 is 1.17 bits per heavy atom. The monoisotopic (exact) mass is 548 g/mol. The fourth-order valence-electron chi connectivity index (χ4n) is 3.84. The molecule has 0 bridgehead atoms. The molecule has 2 fully saturated rings. The van der Waals surface area contributed by atoms with Crippen molar-refractivity contribution in [3.8, 4) is 0 Å². The number of carbonyl (C=O) groups is 1. The molecule has 9 heteroatoms. The lowest BCUT2D eigenvalue weighted by atomic mass is 10.2. The summed E-state index contributed by atoms with van der Waals surface area (Å²) in [5.41, 5.74) is 1.15. The predicted molar refractivity (Wildman–Crippen MR) is 136 cm³/mol. The maximum absolute atomic E-state index is 12.1. The molecule has 30 heavy (non-hydrogen) atoms. The van der Waals surface area contributed by atoms with Crippen LogP contribution < -0.4 is 15.5 Å². The van der Waals surface area contributed by atoms with E-state index in [4.69, 9.17) is 4.98 Å². The maximum Gasteiger partial charge on any atom is 0.222 e. The molecule has 1 aromatic rings. The van der Waals surface area contributed by atoms with Gasteiger partial charge in [-0.1, -0.05) is 6.42 Å². The van der Waals surface area contributed by atoms with Gasteiger partial charge in [0, 0.05) is 64.0 Å². The van der Waals surface area contributed by atoms with Crippen molar-refractivity contribution >= 4 is 52.3 Å². The highest BCUT2D eigenvalue weighted by atomic mass is 127. The Bertz CT molecular complexity index is 662. The van der Waals surface area contributed by atoms with Crippen LogP contribution in [0.15, 0.2) is 10.4 Å². The van der Waals surface area contributed by atoms with Gasteiger partial charge in [-0.15, -0.1) is 35.3 Å². The molecular formula is C21H37IN6OS. The highest BCUT2D eigenvalue weighted by Gasteiger charge is 2.16. The third kappa shape index (κ3) is 8.20. The average Bonchev–Trinajstić information content (AvgIpc) is 3.37. The van der Waals surface area contributed by atoms with Gasteiger partial charge in [0.25, 0.3) is 0 Å². The number of rotatable bonds is 9. The van der Waals surface area contributed by atoms with Crippen molar-refractivity contribution in [3.05, 3.63) is 11.1 Å². The molecule has 0 unspecified atom stereocenters. The molecule has 0 aromatic carbocycles. The van der Waals surface area contributed by atoms with Gasteiger partial charge in [0.2, 0.25) is 5.91 Å². The minimum absolute atomic E-state index is 0. The lowest BCUT2D eigenvalue weighted by Crippen LogP contribution is -2.38. The van der Waals surface area contributed by atoms with E-state index in [-0.39, 0.29) is 24.0 Å². The molecule has 2 N–H and O–H groups in total. The van der Waals surface area contributed by atoms with E-state index in [0.717, 1.165) is 83.2 Å². The van der Waals surface area contributed by atoms with E-state index in [2.05, 4.69) is 32.8 Å².